The van der Waals surface area contributed by atoms with E-state index in [1.165, 1.54) is 25.3 Å². The molecular formula is C28H39FN4O3. The van der Waals surface area contributed by atoms with Gasteiger partial charge < -0.3 is 26.0 Å². The van der Waals surface area contributed by atoms with E-state index in [4.69, 9.17) is 0 Å². The van der Waals surface area contributed by atoms with Crippen molar-refractivity contribution >= 4 is 18.0 Å². The molecule has 36 heavy (non-hydrogen) atoms. The van der Waals surface area contributed by atoms with Gasteiger partial charge in [0.25, 0.3) is 0 Å². The molecular weight excluding hydrogens is 459 g/mol. The number of aromatic hydroxyl groups is 1. The highest BCUT2D eigenvalue weighted by molar-refractivity contribution is 5.77. The van der Waals surface area contributed by atoms with E-state index in [1.807, 2.05) is 12.1 Å². The molecule has 196 valence electrons. The minimum absolute atomic E-state index is 0.0453. The zero-order valence-electron chi connectivity index (χ0n) is 21.0. The molecule has 2 aromatic carbocycles. The molecule has 0 unspecified atom stereocenters. The number of hydrogen-bond donors (Lipinski definition) is 4. The number of carbonyl (C=O) groups excluding carboxylic acids is 2. The first kappa shape index (κ1) is 27.6. The molecule has 0 saturated heterocycles. The fraction of sp³-hybridized carbons (Fsp3) is 0.500. The van der Waals surface area contributed by atoms with Crippen molar-refractivity contribution in [3.05, 3.63) is 59.4 Å². The van der Waals surface area contributed by atoms with Crippen molar-refractivity contribution in [2.24, 2.45) is 0 Å². The average Bonchev–Trinajstić information content (AvgIpc) is 2.88. The Morgan fingerprint density at radius 2 is 1.69 bits per heavy atom. The van der Waals surface area contributed by atoms with Crippen LogP contribution in [-0.2, 0) is 22.4 Å². The second kappa shape index (κ2) is 15.2. The molecule has 1 aliphatic carbocycles. The molecule has 1 aliphatic rings. The first-order valence-electron chi connectivity index (χ1n) is 13.0. The lowest BCUT2D eigenvalue weighted by Gasteiger charge is -2.34. The molecule has 0 atom stereocenters. The summed E-state index contributed by atoms with van der Waals surface area (Å²) in [6.45, 7) is 3.46. The molecule has 0 bridgehead atoms. The average molecular weight is 499 g/mol. The van der Waals surface area contributed by atoms with Gasteiger partial charge in [-0.25, -0.2) is 4.39 Å². The van der Waals surface area contributed by atoms with Gasteiger partial charge in [0.15, 0.2) is 0 Å². The van der Waals surface area contributed by atoms with E-state index in [0.29, 0.717) is 50.7 Å². The van der Waals surface area contributed by atoms with Crippen LogP contribution in [0.25, 0.3) is 0 Å². The number of phenols is 1. The quantitative estimate of drug-likeness (QED) is 0.171. The van der Waals surface area contributed by atoms with Crippen LogP contribution in [0.3, 0.4) is 0 Å². The molecule has 0 heterocycles. The molecule has 1 saturated carbocycles. The molecule has 7 nitrogen and oxygen atoms in total. The van der Waals surface area contributed by atoms with Crippen LogP contribution in [0.4, 0.5) is 10.1 Å². The van der Waals surface area contributed by atoms with Crippen LogP contribution in [0, 0.1) is 5.82 Å². The number of anilines is 1. The maximum absolute atomic E-state index is 13.3. The minimum atomic E-state index is -0.220. The van der Waals surface area contributed by atoms with E-state index in [-0.39, 0.29) is 17.5 Å². The van der Waals surface area contributed by atoms with Crippen LogP contribution in [0.5, 0.6) is 5.75 Å². The molecule has 8 heteroatoms. The smallest absolute Gasteiger partial charge is 0.224 e. The second-order valence-corrected chi connectivity index (χ2v) is 9.37. The molecule has 0 aliphatic heterocycles. The van der Waals surface area contributed by atoms with Gasteiger partial charge in [-0.05, 0) is 74.2 Å². The minimum Gasteiger partial charge on any atom is -0.506 e. The number of benzene rings is 2. The molecule has 2 amide bonds. The van der Waals surface area contributed by atoms with Gasteiger partial charge in [0.2, 0.25) is 12.3 Å². The van der Waals surface area contributed by atoms with Crippen molar-refractivity contribution in [2.45, 2.75) is 57.4 Å². The summed E-state index contributed by atoms with van der Waals surface area (Å²) < 4.78 is 13.3. The van der Waals surface area contributed by atoms with Crippen molar-refractivity contribution in [3.63, 3.8) is 0 Å². The van der Waals surface area contributed by atoms with Gasteiger partial charge in [0.1, 0.15) is 11.6 Å². The number of carbonyl (C=O) groups is 2. The molecule has 2 aromatic rings. The van der Waals surface area contributed by atoms with Crippen molar-refractivity contribution in [1.82, 2.24) is 15.5 Å². The van der Waals surface area contributed by atoms with Crippen molar-refractivity contribution in [3.8, 4) is 5.75 Å². The maximum Gasteiger partial charge on any atom is 0.224 e. The van der Waals surface area contributed by atoms with Crippen LogP contribution in [0.15, 0.2) is 42.5 Å². The molecule has 1 fully saturated rings. The molecule has 0 spiro atoms. The second-order valence-electron chi connectivity index (χ2n) is 9.37. The Labute approximate surface area is 213 Å². The molecule has 0 aromatic heterocycles. The van der Waals surface area contributed by atoms with E-state index in [9.17, 15) is 19.1 Å². The largest absolute Gasteiger partial charge is 0.506 e. The normalized spacial score (nSPS) is 13.9. The lowest BCUT2D eigenvalue weighted by Crippen LogP contribution is -2.45. The predicted octanol–water partition coefficient (Wildman–Crippen LogP) is 3.62. The van der Waals surface area contributed by atoms with Crippen molar-refractivity contribution < 1.29 is 19.1 Å². The van der Waals surface area contributed by atoms with Gasteiger partial charge in [-0.3, -0.25) is 9.59 Å². The van der Waals surface area contributed by atoms with Crippen LogP contribution in [-0.4, -0.2) is 61.1 Å². The van der Waals surface area contributed by atoms with Crippen molar-refractivity contribution in [2.75, 3.05) is 38.0 Å². The van der Waals surface area contributed by atoms with Crippen LogP contribution in [0.2, 0.25) is 0 Å². The number of phenolic OH excluding ortho intramolecular Hbond substituents is 1. The Kier molecular flexibility index (Phi) is 11.7. The van der Waals surface area contributed by atoms with E-state index in [0.717, 1.165) is 43.4 Å². The summed E-state index contributed by atoms with van der Waals surface area (Å²) in [5.41, 5.74) is 2.36. The fourth-order valence-corrected chi connectivity index (χ4v) is 4.77. The van der Waals surface area contributed by atoms with E-state index < -0.39 is 0 Å². The number of rotatable bonds is 15. The summed E-state index contributed by atoms with van der Waals surface area (Å²) in [7, 11) is 0. The number of amides is 2. The van der Waals surface area contributed by atoms with Gasteiger partial charge >= 0.3 is 0 Å². The SMILES string of the molecule is O=CNc1cc(CCNCCN(C(=O)CCNCCc2cccc(F)c2)C2CCCCC2)ccc1O. The maximum atomic E-state index is 13.3. The van der Waals surface area contributed by atoms with E-state index in [2.05, 4.69) is 20.9 Å². The predicted molar refractivity (Wildman–Crippen MR) is 141 cm³/mol. The van der Waals surface area contributed by atoms with Crippen molar-refractivity contribution in [1.29, 1.82) is 0 Å². The highest BCUT2D eigenvalue weighted by Crippen LogP contribution is 2.24. The Morgan fingerprint density at radius 1 is 0.972 bits per heavy atom. The third-order valence-corrected chi connectivity index (χ3v) is 6.73. The van der Waals surface area contributed by atoms with E-state index in [1.54, 1.807) is 24.3 Å². The lowest BCUT2D eigenvalue weighted by atomic mass is 9.94. The summed E-state index contributed by atoms with van der Waals surface area (Å²) in [4.78, 5) is 25.8. The van der Waals surface area contributed by atoms with Gasteiger partial charge in [-0.2, -0.15) is 0 Å². The first-order chi connectivity index (χ1) is 17.6. The summed E-state index contributed by atoms with van der Waals surface area (Å²) >= 11 is 0. The van der Waals surface area contributed by atoms with Gasteiger partial charge in [-0.1, -0.05) is 37.5 Å². The zero-order valence-corrected chi connectivity index (χ0v) is 21.0. The molecule has 0 radical (unpaired) electrons. The molecule has 3 rings (SSSR count). The summed E-state index contributed by atoms with van der Waals surface area (Å²) in [6.07, 6.45) is 8.21. The monoisotopic (exact) mass is 498 g/mol. The van der Waals surface area contributed by atoms with Crippen LogP contribution < -0.4 is 16.0 Å². The summed E-state index contributed by atoms with van der Waals surface area (Å²) in [6, 6.07) is 12.1. The standard InChI is InChI=1S/C28H39FN4O3/c29-24-6-4-5-22(19-24)11-14-30-16-13-28(36)33(25-7-2-1-3-8-25)18-17-31-15-12-23-9-10-27(35)26(20-23)32-21-34/h4-6,9-10,19-21,25,30-31,35H,1-3,7-8,11-18H2,(H,32,34). The van der Waals surface area contributed by atoms with E-state index >= 15 is 0 Å². The van der Waals surface area contributed by atoms with Gasteiger partial charge in [-0.15, -0.1) is 0 Å². The first-order valence-corrected chi connectivity index (χ1v) is 13.0. The number of halogens is 1. The highest BCUT2D eigenvalue weighted by Gasteiger charge is 2.24. The Bertz CT molecular complexity index is 966. The van der Waals surface area contributed by atoms with Crippen LogP contribution in [0.1, 0.15) is 49.7 Å². The van der Waals surface area contributed by atoms with Crippen LogP contribution >= 0.6 is 0 Å². The highest BCUT2D eigenvalue weighted by atomic mass is 19.1. The number of nitrogens with zero attached hydrogens (tertiary/aromatic N) is 1. The third kappa shape index (κ3) is 9.24. The number of hydrogen-bond acceptors (Lipinski definition) is 5. The summed E-state index contributed by atoms with van der Waals surface area (Å²) in [5, 5.41) is 19.0. The molecule has 4 N–H and O–H groups in total. The number of nitrogens with one attached hydrogen (secondary N) is 3. The van der Waals surface area contributed by atoms with Gasteiger partial charge in [0.05, 0.1) is 5.69 Å². The fourth-order valence-electron chi connectivity index (χ4n) is 4.77. The topological polar surface area (TPSA) is 93.7 Å². The Balaban J connectivity index is 1.40. The zero-order chi connectivity index (χ0) is 25.6. The Morgan fingerprint density at radius 3 is 2.42 bits per heavy atom. The third-order valence-electron chi connectivity index (χ3n) is 6.73. The lowest BCUT2D eigenvalue weighted by molar-refractivity contribution is -0.134. The van der Waals surface area contributed by atoms with Gasteiger partial charge in [0, 0.05) is 32.1 Å². The Hall–Kier alpha value is -2.97. The summed E-state index contributed by atoms with van der Waals surface area (Å²) in [5.74, 6) is 0.0103.